The first-order chi connectivity index (χ1) is 11.2. The van der Waals surface area contributed by atoms with Gasteiger partial charge in [-0.3, -0.25) is 5.01 Å². The molecule has 0 amide bonds. The van der Waals surface area contributed by atoms with Crippen LogP contribution >= 0.6 is 0 Å². The molecule has 1 saturated heterocycles. The van der Waals surface area contributed by atoms with Crippen molar-refractivity contribution in [3.05, 3.63) is 30.0 Å². The molecule has 2 heterocycles. The lowest BCUT2D eigenvalue weighted by Gasteiger charge is -2.26. The smallest absolute Gasteiger partial charge is 0.357 e. The molecule has 122 valence electrons. The van der Waals surface area contributed by atoms with Gasteiger partial charge in [0, 0.05) is 24.0 Å². The Morgan fingerprint density at radius 3 is 2.83 bits per heavy atom. The van der Waals surface area contributed by atoms with Gasteiger partial charge >= 0.3 is 5.97 Å². The van der Waals surface area contributed by atoms with Crippen LogP contribution in [0.2, 0.25) is 0 Å². The van der Waals surface area contributed by atoms with Gasteiger partial charge in [-0.25, -0.2) is 4.79 Å². The number of fused-ring (bicyclic) bond motifs is 1. The first-order valence-corrected chi connectivity index (χ1v) is 8.13. The van der Waals surface area contributed by atoms with Gasteiger partial charge in [0.15, 0.2) is 5.69 Å². The molecular formula is C17H22N4O2. The number of ether oxygens (including phenoxy) is 1. The zero-order chi connectivity index (χ0) is 16.2. The van der Waals surface area contributed by atoms with Crippen LogP contribution in [0.4, 0.5) is 5.69 Å². The lowest BCUT2D eigenvalue weighted by atomic mass is 10.0. The summed E-state index contributed by atoms with van der Waals surface area (Å²) in [4.78, 5) is 15.3. The lowest BCUT2D eigenvalue weighted by Crippen LogP contribution is -2.28. The van der Waals surface area contributed by atoms with Gasteiger partial charge in [-0.05, 0) is 31.7 Å². The van der Waals surface area contributed by atoms with Crippen molar-refractivity contribution in [2.45, 2.75) is 26.7 Å². The Morgan fingerprint density at radius 1 is 1.35 bits per heavy atom. The largest absolute Gasteiger partial charge is 0.461 e. The molecule has 6 nitrogen and oxygen atoms in total. The molecule has 1 aromatic carbocycles. The van der Waals surface area contributed by atoms with Crippen LogP contribution in [-0.2, 0) is 4.74 Å². The second-order valence-corrected chi connectivity index (χ2v) is 5.94. The van der Waals surface area contributed by atoms with Crippen LogP contribution in [0, 0.1) is 5.92 Å². The Morgan fingerprint density at radius 2 is 2.09 bits per heavy atom. The number of rotatable bonds is 4. The average Bonchev–Trinajstić information content (AvgIpc) is 2.93. The number of para-hydroxylation sites is 1. The van der Waals surface area contributed by atoms with E-state index in [1.165, 1.54) is 0 Å². The van der Waals surface area contributed by atoms with Crippen LogP contribution in [0.3, 0.4) is 0 Å². The van der Waals surface area contributed by atoms with E-state index in [9.17, 15) is 4.79 Å². The minimum absolute atomic E-state index is 0.328. The minimum Gasteiger partial charge on any atom is -0.461 e. The van der Waals surface area contributed by atoms with Crippen molar-refractivity contribution < 1.29 is 9.53 Å². The van der Waals surface area contributed by atoms with Crippen molar-refractivity contribution in [2.75, 3.05) is 19.7 Å². The first-order valence-electron chi connectivity index (χ1n) is 8.13. The molecule has 1 aromatic heterocycles. The van der Waals surface area contributed by atoms with E-state index in [0.717, 1.165) is 42.8 Å². The molecule has 1 aliphatic heterocycles. The highest BCUT2D eigenvalue weighted by Gasteiger charge is 2.20. The summed E-state index contributed by atoms with van der Waals surface area (Å²) in [6.07, 6.45) is 2.25. The highest BCUT2D eigenvalue weighted by molar-refractivity contribution is 6.04. The molecule has 3 rings (SSSR count). The quantitative estimate of drug-likeness (QED) is 0.683. The molecule has 0 unspecified atom stereocenters. The van der Waals surface area contributed by atoms with E-state index in [1.54, 1.807) is 6.92 Å². The second kappa shape index (κ2) is 6.81. The third kappa shape index (κ3) is 3.36. The highest BCUT2D eigenvalue weighted by atomic mass is 16.5. The van der Waals surface area contributed by atoms with Crippen LogP contribution in [-0.4, -0.2) is 35.7 Å². The van der Waals surface area contributed by atoms with Gasteiger partial charge < -0.3 is 9.72 Å². The maximum atomic E-state index is 12.2. The predicted molar refractivity (Wildman–Crippen MR) is 88.7 cm³/mol. The maximum Gasteiger partial charge on any atom is 0.357 e. The number of hydrogen-bond acceptors (Lipinski definition) is 4. The molecule has 6 heteroatoms. The molecule has 2 aromatic rings. The number of esters is 1. The fourth-order valence-electron chi connectivity index (χ4n) is 2.77. The standard InChI is InChI=1S/C17H22N4O2/c1-3-23-17(22)16-15(13-6-4-5-7-14(13)18-16)19-20-21-10-8-12(2)9-11-21/h4-7,12,18H,3,8-11H2,1-2H3. The first kappa shape index (κ1) is 15.5. The van der Waals surface area contributed by atoms with Crippen LogP contribution in [0.25, 0.3) is 10.9 Å². The molecule has 0 saturated carbocycles. The number of nitrogens with zero attached hydrogens (tertiary/aromatic N) is 3. The summed E-state index contributed by atoms with van der Waals surface area (Å²) in [6, 6.07) is 7.69. The Balaban J connectivity index is 1.91. The fraction of sp³-hybridized carbons (Fsp3) is 0.471. The Hall–Kier alpha value is -2.37. The molecule has 1 aliphatic rings. The molecule has 0 radical (unpaired) electrons. The number of piperidine rings is 1. The number of nitrogens with one attached hydrogen (secondary N) is 1. The summed E-state index contributed by atoms with van der Waals surface area (Å²) < 4.78 is 5.12. The third-order valence-electron chi connectivity index (χ3n) is 4.19. The van der Waals surface area contributed by atoms with Gasteiger partial charge in [0.1, 0.15) is 5.69 Å². The van der Waals surface area contributed by atoms with Gasteiger partial charge in [0.05, 0.1) is 6.61 Å². The highest BCUT2D eigenvalue weighted by Crippen LogP contribution is 2.31. The monoisotopic (exact) mass is 314 g/mol. The van der Waals surface area contributed by atoms with E-state index >= 15 is 0 Å². The van der Waals surface area contributed by atoms with Crippen LogP contribution < -0.4 is 0 Å². The number of hydrogen-bond donors (Lipinski definition) is 1. The minimum atomic E-state index is -0.398. The SMILES string of the molecule is CCOC(=O)c1[nH]c2ccccc2c1N=NN1CCC(C)CC1. The Labute approximate surface area is 135 Å². The van der Waals surface area contributed by atoms with E-state index in [1.807, 2.05) is 29.3 Å². The van der Waals surface area contributed by atoms with Crippen LogP contribution in [0.15, 0.2) is 34.6 Å². The number of aromatic amines is 1. The van der Waals surface area contributed by atoms with Crippen LogP contribution in [0.5, 0.6) is 0 Å². The summed E-state index contributed by atoms with van der Waals surface area (Å²) >= 11 is 0. The third-order valence-corrected chi connectivity index (χ3v) is 4.19. The van der Waals surface area contributed by atoms with Crippen molar-refractivity contribution in [1.29, 1.82) is 0 Å². The predicted octanol–water partition coefficient (Wildman–Crippen LogP) is 4.08. The summed E-state index contributed by atoms with van der Waals surface area (Å²) in [7, 11) is 0. The zero-order valence-corrected chi connectivity index (χ0v) is 13.6. The molecule has 1 N–H and O–H groups in total. The molecule has 1 fully saturated rings. The number of H-pyrrole nitrogens is 1. The summed E-state index contributed by atoms with van der Waals surface area (Å²) in [5.74, 6) is 0.342. The normalized spacial score (nSPS) is 16.3. The van der Waals surface area contributed by atoms with Crippen molar-refractivity contribution in [2.24, 2.45) is 16.3 Å². The average molecular weight is 314 g/mol. The zero-order valence-electron chi connectivity index (χ0n) is 13.6. The second-order valence-electron chi connectivity index (χ2n) is 5.94. The summed E-state index contributed by atoms with van der Waals surface area (Å²) in [5, 5.41) is 11.6. The van der Waals surface area contributed by atoms with E-state index in [0.29, 0.717) is 18.0 Å². The van der Waals surface area contributed by atoms with Crippen LogP contribution in [0.1, 0.15) is 37.2 Å². The van der Waals surface area contributed by atoms with Crippen molar-refractivity contribution in [3.8, 4) is 0 Å². The van der Waals surface area contributed by atoms with Gasteiger partial charge in [0.25, 0.3) is 0 Å². The van der Waals surface area contributed by atoms with E-state index in [2.05, 4.69) is 22.2 Å². The summed E-state index contributed by atoms with van der Waals surface area (Å²) in [5.41, 5.74) is 1.77. The topological polar surface area (TPSA) is 70.0 Å². The van der Waals surface area contributed by atoms with Crippen molar-refractivity contribution in [3.63, 3.8) is 0 Å². The molecule has 0 atom stereocenters. The van der Waals surface area contributed by atoms with E-state index < -0.39 is 5.97 Å². The van der Waals surface area contributed by atoms with Gasteiger partial charge in [-0.1, -0.05) is 30.3 Å². The Bertz CT molecular complexity index is 714. The molecule has 23 heavy (non-hydrogen) atoms. The molecular weight excluding hydrogens is 292 g/mol. The van der Waals surface area contributed by atoms with Crippen molar-refractivity contribution in [1.82, 2.24) is 9.99 Å². The number of carbonyl (C=O) groups is 1. The van der Waals surface area contributed by atoms with Crippen molar-refractivity contribution >= 4 is 22.6 Å². The maximum absolute atomic E-state index is 12.2. The fourth-order valence-corrected chi connectivity index (χ4v) is 2.77. The van der Waals surface area contributed by atoms with Gasteiger partial charge in [-0.15, -0.1) is 5.11 Å². The number of benzene rings is 1. The van der Waals surface area contributed by atoms with E-state index in [-0.39, 0.29) is 0 Å². The Kier molecular flexibility index (Phi) is 4.60. The van der Waals surface area contributed by atoms with Gasteiger partial charge in [-0.2, -0.15) is 0 Å². The molecule has 0 aliphatic carbocycles. The molecule has 0 spiro atoms. The van der Waals surface area contributed by atoms with Gasteiger partial charge in [0.2, 0.25) is 0 Å². The number of carbonyl (C=O) groups excluding carboxylic acids is 1. The summed E-state index contributed by atoms with van der Waals surface area (Å²) in [6.45, 7) is 6.18. The molecule has 0 bridgehead atoms. The van der Waals surface area contributed by atoms with E-state index in [4.69, 9.17) is 4.74 Å². The lowest BCUT2D eigenvalue weighted by molar-refractivity contribution is 0.0521. The number of aromatic nitrogens is 1.